The Bertz CT molecular complexity index is 963. The SMILES string of the molecule is O=C(O)[C@H]1CCCN1C(=O)COc1ccc2c3c(c(=O)oc2c1)CCCC3. The predicted octanol–water partition coefficient (Wildman–Crippen LogP) is 2.13. The maximum Gasteiger partial charge on any atom is 0.339 e. The molecule has 1 saturated heterocycles. The molecular formula is C20H21NO6. The highest BCUT2D eigenvalue weighted by atomic mass is 16.5. The molecule has 142 valence electrons. The highest BCUT2D eigenvalue weighted by Crippen LogP contribution is 2.29. The first-order chi connectivity index (χ1) is 13.0. The van der Waals surface area contributed by atoms with Gasteiger partial charge in [0.05, 0.1) is 0 Å². The Morgan fingerprint density at radius 1 is 1.19 bits per heavy atom. The van der Waals surface area contributed by atoms with Crippen LogP contribution in [0.25, 0.3) is 11.0 Å². The minimum atomic E-state index is -0.988. The van der Waals surface area contributed by atoms with Crippen molar-refractivity contribution in [1.82, 2.24) is 4.90 Å². The van der Waals surface area contributed by atoms with E-state index in [9.17, 15) is 19.5 Å². The molecule has 4 rings (SSSR count). The number of aryl methyl sites for hydroxylation is 1. The summed E-state index contributed by atoms with van der Waals surface area (Å²) < 4.78 is 11.0. The normalized spacial score (nSPS) is 19.1. The van der Waals surface area contributed by atoms with Crippen molar-refractivity contribution in [2.24, 2.45) is 0 Å². The number of hydrogen-bond donors (Lipinski definition) is 1. The van der Waals surface area contributed by atoms with Crippen molar-refractivity contribution in [3.05, 3.63) is 39.7 Å². The van der Waals surface area contributed by atoms with Crippen LogP contribution in [0.15, 0.2) is 27.4 Å². The fourth-order valence-corrected chi connectivity index (χ4v) is 4.07. The fraction of sp³-hybridized carbons (Fsp3) is 0.450. The van der Waals surface area contributed by atoms with Gasteiger partial charge in [0, 0.05) is 23.6 Å². The van der Waals surface area contributed by atoms with Gasteiger partial charge in [0.2, 0.25) is 0 Å². The first-order valence-electron chi connectivity index (χ1n) is 9.28. The molecule has 1 N–H and O–H groups in total. The van der Waals surface area contributed by atoms with Crippen LogP contribution in [-0.4, -0.2) is 41.1 Å². The molecular weight excluding hydrogens is 350 g/mol. The Morgan fingerprint density at radius 2 is 1.96 bits per heavy atom. The van der Waals surface area contributed by atoms with Gasteiger partial charge in [-0.2, -0.15) is 0 Å². The van der Waals surface area contributed by atoms with Gasteiger partial charge in [0.25, 0.3) is 5.91 Å². The minimum Gasteiger partial charge on any atom is -0.484 e. The summed E-state index contributed by atoms with van der Waals surface area (Å²) in [5.74, 6) is -0.925. The third-order valence-corrected chi connectivity index (χ3v) is 5.42. The van der Waals surface area contributed by atoms with E-state index in [4.69, 9.17) is 9.15 Å². The lowest BCUT2D eigenvalue weighted by molar-refractivity contribution is -0.148. The summed E-state index contributed by atoms with van der Waals surface area (Å²) in [6, 6.07) is 4.46. The molecule has 1 aliphatic carbocycles. The second-order valence-corrected chi connectivity index (χ2v) is 7.08. The van der Waals surface area contributed by atoms with Gasteiger partial charge in [-0.05, 0) is 56.2 Å². The Labute approximate surface area is 155 Å². The lowest BCUT2D eigenvalue weighted by Gasteiger charge is -2.21. The number of carboxylic acid groups (broad SMARTS) is 1. The Balaban J connectivity index is 1.52. The first kappa shape index (κ1) is 17.6. The highest BCUT2D eigenvalue weighted by Gasteiger charge is 2.34. The summed E-state index contributed by atoms with van der Waals surface area (Å²) in [5.41, 5.74) is 1.98. The average molecular weight is 371 g/mol. The summed E-state index contributed by atoms with van der Waals surface area (Å²) in [4.78, 5) is 37.1. The van der Waals surface area contributed by atoms with Crippen molar-refractivity contribution in [2.45, 2.75) is 44.6 Å². The van der Waals surface area contributed by atoms with Gasteiger partial charge in [-0.15, -0.1) is 0 Å². The van der Waals surface area contributed by atoms with E-state index in [-0.39, 0.29) is 18.1 Å². The van der Waals surface area contributed by atoms with Crippen molar-refractivity contribution in [1.29, 1.82) is 0 Å². The molecule has 0 unspecified atom stereocenters. The monoisotopic (exact) mass is 371 g/mol. The second kappa shape index (κ2) is 7.06. The summed E-state index contributed by atoms with van der Waals surface area (Å²) in [6.07, 6.45) is 4.81. The maximum absolute atomic E-state index is 12.3. The van der Waals surface area contributed by atoms with Crippen molar-refractivity contribution in [2.75, 3.05) is 13.2 Å². The third-order valence-electron chi connectivity index (χ3n) is 5.42. The van der Waals surface area contributed by atoms with E-state index < -0.39 is 12.0 Å². The smallest absolute Gasteiger partial charge is 0.339 e. The molecule has 2 aliphatic rings. The van der Waals surface area contributed by atoms with Crippen LogP contribution in [0.5, 0.6) is 5.75 Å². The van der Waals surface area contributed by atoms with Gasteiger partial charge in [-0.1, -0.05) is 0 Å². The van der Waals surface area contributed by atoms with Crippen LogP contribution < -0.4 is 10.4 Å². The number of benzene rings is 1. The topological polar surface area (TPSA) is 97.0 Å². The molecule has 0 saturated carbocycles. The molecule has 1 aromatic heterocycles. The van der Waals surface area contributed by atoms with E-state index in [1.54, 1.807) is 12.1 Å². The number of aliphatic carboxylic acids is 1. The lowest BCUT2D eigenvalue weighted by Crippen LogP contribution is -2.42. The van der Waals surface area contributed by atoms with Crippen molar-refractivity contribution in [3.63, 3.8) is 0 Å². The number of rotatable bonds is 4. The molecule has 1 aliphatic heterocycles. The van der Waals surface area contributed by atoms with Gasteiger partial charge < -0.3 is 19.2 Å². The van der Waals surface area contributed by atoms with E-state index >= 15 is 0 Å². The molecule has 2 aromatic rings. The number of likely N-dealkylation sites (tertiary alicyclic amines) is 1. The molecule has 0 spiro atoms. The highest BCUT2D eigenvalue weighted by molar-refractivity contribution is 5.85. The Hall–Kier alpha value is -2.83. The van der Waals surface area contributed by atoms with Crippen LogP contribution >= 0.6 is 0 Å². The average Bonchev–Trinajstić information content (AvgIpc) is 3.16. The van der Waals surface area contributed by atoms with E-state index in [2.05, 4.69) is 0 Å². The molecule has 7 heteroatoms. The molecule has 2 heterocycles. The third kappa shape index (κ3) is 3.29. The van der Waals surface area contributed by atoms with Crippen LogP contribution in [0.4, 0.5) is 0 Å². The van der Waals surface area contributed by atoms with Crippen molar-refractivity contribution in [3.8, 4) is 5.75 Å². The van der Waals surface area contributed by atoms with Gasteiger partial charge in [0.1, 0.15) is 17.4 Å². The van der Waals surface area contributed by atoms with Gasteiger partial charge in [-0.25, -0.2) is 9.59 Å². The van der Waals surface area contributed by atoms with E-state index in [0.29, 0.717) is 30.7 Å². The minimum absolute atomic E-state index is 0.246. The van der Waals surface area contributed by atoms with E-state index in [1.165, 1.54) is 4.90 Å². The standard InChI is InChI=1S/C20H21NO6/c22-18(21-9-3-6-16(21)19(23)24)11-26-12-7-8-14-13-4-1-2-5-15(13)20(25)27-17(14)10-12/h7-8,10,16H,1-6,9,11H2,(H,23,24)/t16-/m1/s1. The van der Waals surface area contributed by atoms with Gasteiger partial charge in [-0.3, -0.25) is 4.79 Å². The summed E-state index contributed by atoms with van der Waals surface area (Å²) in [6.45, 7) is 0.183. The number of carbonyl (C=O) groups is 2. The molecule has 1 fully saturated rings. The molecule has 1 atom stereocenters. The molecule has 27 heavy (non-hydrogen) atoms. The van der Waals surface area contributed by atoms with Crippen LogP contribution in [-0.2, 0) is 22.4 Å². The number of carboxylic acids is 1. The number of carbonyl (C=O) groups excluding carboxylic acids is 1. The second-order valence-electron chi connectivity index (χ2n) is 7.08. The number of hydrogen-bond acceptors (Lipinski definition) is 5. The molecule has 0 radical (unpaired) electrons. The fourth-order valence-electron chi connectivity index (χ4n) is 4.07. The summed E-state index contributed by atoms with van der Waals surface area (Å²) >= 11 is 0. The maximum atomic E-state index is 12.3. The van der Waals surface area contributed by atoms with Crippen molar-refractivity contribution >= 4 is 22.8 Å². The predicted molar refractivity (Wildman–Crippen MR) is 97.0 cm³/mol. The molecule has 1 amide bonds. The van der Waals surface area contributed by atoms with Gasteiger partial charge in [0.15, 0.2) is 6.61 Å². The zero-order valence-corrected chi connectivity index (χ0v) is 14.9. The van der Waals surface area contributed by atoms with Crippen LogP contribution in [0.1, 0.15) is 36.8 Å². The molecule has 0 bridgehead atoms. The Morgan fingerprint density at radius 3 is 2.74 bits per heavy atom. The summed E-state index contributed by atoms with van der Waals surface area (Å²) in [5, 5.41) is 10.1. The first-order valence-corrected chi connectivity index (χ1v) is 9.28. The zero-order chi connectivity index (χ0) is 19.0. The Kier molecular flexibility index (Phi) is 4.59. The number of amides is 1. The van der Waals surface area contributed by atoms with Crippen LogP contribution in [0.2, 0.25) is 0 Å². The van der Waals surface area contributed by atoms with Crippen LogP contribution in [0, 0.1) is 0 Å². The number of nitrogens with zero attached hydrogens (tertiary/aromatic N) is 1. The zero-order valence-electron chi connectivity index (χ0n) is 14.9. The number of ether oxygens (including phenoxy) is 1. The van der Waals surface area contributed by atoms with Crippen LogP contribution in [0.3, 0.4) is 0 Å². The van der Waals surface area contributed by atoms with Crippen molar-refractivity contribution < 1.29 is 23.8 Å². The molecule has 1 aromatic carbocycles. The largest absolute Gasteiger partial charge is 0.484 e. The summed E-state index contributed by atoms with van der Waals surface area (Å²) in [7, 11) is 0. The quantitative estimate of drug-likeness (QED) is 0.827. The molecule has 7 nitrogen and oxygen atoms in total. The van der Waals surface area contributed by atoms with E-state index in [1.807, 2.05) is 6.07 Å². The van der Waals surface area contributed by atoms with Gasteiger partial charge >= 0.3 is 11.6 Å². The lowest BCUT2D eigenvalue weighted by atomic mass is 9.91. The van der Waals surface area contributed by atoms with E-state index in [0.717, 1.165) is 42.2 Å². The number of fused-ring (bicyclic) bond motifs is 3.